The van der Waals surface area contributed by atoms with Crippen LogP contribution in [0.2, 0.25) is 0 Å². The van der Waals surface area contributed by atoms with E-state index < -0.39 is 11.0 Å². The van der Waals surface area contributed by atoms with Crippen molar-refractivity contribution in [3.8, 4) is 0 Å². The van der Waals surface area contributed by atoms with Crippen LogP contribution in [0.15, 0.2) is 84.1 Å². The minimum atomic E-state index is -0.626. The molecule has 1 atom stereocenters. The number of Topliss-reactive ketones (excluding diaryl/α,β-unsaturated/α-hetero) is 1. The first-order chi connectivity index (χ1) is 19.1. The first-order valence-corrected chi connectivity index (χ1v) is 13.3. The highest BCUT2D eigenvalue weighted by atomic mass is 19.1. The normalized spacial score (nSPS) is 17.8. The number of hydrogen-bond acceptors (Lipinski definition) is 6. The van der Waals surface area contributed by atoms with Crippen molar-refractivity contribution >= 4 is 28.8 Å². The van der Waals surface area contributed by atoms with Crippen LogP contribution in [0.3, 0.4) is 0 Å². The molecule has 3 aromatic rings. The summed E-state index contributed by atoms with van der Waals surface area (Å²) in [6, 6.07) is 19.3. The molecule has 1 aliphatic carbocycles. The third-order valence-electron chi connectivity index (χ3n) is 7.39. The Labute approximate surface area is 232 Å². The lowest BCUT2D eigenvalue weighted by molar-refractivity contribution is -0.384. The molecule has 0 saturated heterocycles. The molecular weight excluding hydrogens is 511 g/mol. The number of carbonyl (C=O) groups is 2. The number of nitro groups is 1. The number of benzene rings is 3. The zero-order valence-electron chi connectivity index (χ0n) is 22.4. The fraction of sp³-hybridized carbons (Fsp3) is 0.290. The SMILES string of the molecule is CC1(C)CC(=O)C2=C(C1)Nc1ccccc1N(CC(=O)NCCc1ccc(F)cc1)C2c1ccc([N+](=O)[O-])cc1. The zero-order chi connectivity index (χ0) is 28.4. The molecular formula is C31H31FN4O4. The Morgan fingerprint density at radius 3 is 2.48 bits per heavy atom. The van der Waals surface area contributed by atoms with Gasteiger partial charge in [0.25, 0.3) is 5.69 Å². The summed E-state index contributed by atoms with van der Waals surface area (Å²) in [5.74, 6) is -0.569. The van der Waals surface area contributed by atoms with E-state index in [4.69, 9.17) is 0 Å². The summed E-state index contributed by atoms with van der Waals surface area (Å²) >= 11 is 0. The summed E-state index contributed by atoms with van der Waals surface area (Å²) in [5.41, 5.74) is 4.20. The van der Waals surface area contributed by atoms with Gasteiger partial charge in [0.2, 0.25) is 5.91 Å². The standard InChI is InChI=1S/C31H31FN4O4/c1-31(2)17-25-29(27(37)18-31)30(21-9-13-23(14-10-21)36(39)40)35(26-6-4-3-5-24(26)34-25)19-28(38)33-16-15-20-7-11-22(32)12-8-20/h3-14,30,34H,15-19H2,1-2H3,(H,33,38). The van der Waals surface area contributed by atoms with Crippen molar-refractivity contribution in [3.63, 3.8) is 0 Å². The van der Waals surface area contributed by atoms with Crippen LogP contribution in [-0.2, 0) is 16.0 Å². The number of para-hydroxylation sites is 2. The second-order valence-corrected chi connectivity index (χ2v) is 11.1. The van der Waals surface area contributed by atoms with Crippen LogP contribution in [0.4, 0.5) is 21.5 Å². The van der Waals surface area contributed by atoms with Gasteiger partial charge < -0.3 is 15.5 Å². The van der Waals surface area contributed by atoms with Crippen LogP contribution in [0.1, 0.15) is 43.9 Å². The van der Waals surface area contributed by atoms with Crippen LogP contribution in [-0.4, -0.2) is 29.7 Å². The fourth-order valence-electron chi connectivity index (χ4n) is 5.56. The maximum Gasteiger partial charge on any atom is 0.269 e. The lowest BCUT2D eigenvalue weighted by Crippen LogP contribution is -2.42. The molecule has 1 amide bonds. The number of nitro benzene ring substituents is 1. The van der Waals surface area contributed by atoms with Crippen molar-refractivity contribution in [1.29, 1.82) is 0 Å². The number of fused-ring (bicyclic) bond motifs is 1. The summed E-state index contributed by atoms with van der Waals surface area (Å²) in [7, 11) is 0. The summed E-state index contributed by atoms with van der Waals surface area (Å²) in [4.78, 5) is 39.8. The molecule has 9 heteroatoms. The van der Waals surface area contributed by atoms with E-state index in [1.54, 1.807) is 24.3 Å². The van der Waals surface area contributed by atoms with Gasteiger partial charge in [-0.25, -0.2) is 4.39 Å². The van der Waals surface area contributed by atoms with E-state index in [2.05, 4.69) is 24.5 Å². The average Bonchev–Trinajstić information content (AvgIpc) is 3.03. The largest absolute Gasteiger partial charge is 0.357 e. The van der Waals surface area contributed by atoms with E-state index in [1.165, 1.54) is 24.3 Å². The Bertz CT molecular complexity index is 1480. The second kappa shape index (κ2) is 10.9. The molecule has 40 heavy (non-hydrogen) atoms. The average molecular weight is 543 g/mol. The minimum Gasteiger partial charge on any atom is -0.357 e. The Balaban J connectivity index is 1.51. The second-order valence-electron chi connectivity index (χ2n) is 11.1. The van der Waals surface area contributed by atoms with Gasteiger partial charge in [0.1, 0.15) is 5.82 Å². The van der Waals surface area contributed by atoms with Crippen molar-refractivity contribution in [2.24, 2.45) is 5.41 Å². The highest BCUT2D eigenvalue weighted by molar-refractivity contribution is 6.01. The maximum absolute atomic E-state index is 13.7. The molecule has 5 rings (SSSR count). The third-order valence-corrected chi connectivity index (χ3v) is 7.39. The van der Waals surface area contributed by atoms with Crippen LogP contribution < -0.4 is 15.5 Å². The predicted octanol–water partition coefficient (Wildman–Crippen LogP) is 5.71. The van der Waals surface area contributed by atoms with Gasteiger partial charge in [0, 0.05) is 36.4 Å². The molecule has 8 nitrogen and oxygen atoms in total. The van der Waals surface area contributed by atoms with Crippen molar-refractivity contribution in [3.05, 3.63) is 111 Å². The zero-order valence-corrected chi connectivity index (χ0v) is 22.4. The first kappa shape index (κ1) is 27.1. The highest BCUT2D eigenvalue weighted by Crippen LogP contribution is 2.48. The summed E-state index contributed by atoms with van der Waals surface area (Å²) < 4.78 is 13.2. The number of non-ortho nitro benzene ring substituents is 1. The van der Waals surface area contributed by atoms with Crippen molar-refractivity contribution in [2.75, 3.05) is 23.3 Å². The van der Waals surface area contributed by atoms with Gasteiger partial charge in [-0.1, -0.05) is 38.1 Å². The Morgan fingerprint density at radius 1 is 1.07 bits per heavy atom. The topological polar surface area (TPSA) is 105 Å². The number of ketones is 1. The highest BCUT2D eigenvalue weighted by Gasteiger charge is 2.42. The Morgan fingerprint density at radius 2 is 1.77 bits per heavy atom. The molecule has 0 aromatic heterocycles. The number of hydrogen-bond donors (Lipinski definition) is 2. The van der Waals surface area contributed by atoms with Crippen molar-refractivity contribution < 1.29 is 18.9 Å². The van der Waals surface area contributed by atoms with E-state index in [0.717, 1.165) is 22.6 Å². The monoisotopic (exact) mass is 542 g/mol. The number of nitrogens with one attached hydrogen (secondary N) is 2. The number of allylic oxidation sites excluding steroid dienone is 1. The molecule has 0 fully saturated rings. The molecule has 1 aliphatic heterocycles. The predicted molar refractivity (Wildman–Crippen MR) is 151 cm³/mol. The van der Waals surface area contributed by atoms with Gasteiger partial charge in [0.05, 0.1) is 28.9 Å². The van der Waals surface area contributed by atoms with Gasteiger partial charge in [-0.05, 0) is 65.8 Å². The van der Waals surface area contributed by atoms with E-state index >= 15 is 0 Å². The van der Waals surface area contributed by atoms with Crippen LogP contribution in [0.25, 0.3) is 0 Å². The quantitative estimate of drug-likeness (QED) is 0.293. The molecule has 206 valence electrons. The third kappa shape index (κ3) is 5.73. The van der Waals surface area contributed by atoms with E-state index in [0.29, 0.717) is 36.9 Å². The van der Waals surface area contributed by atoms with Crippen molar-refractivity contribution in [2.45, 2.75) is 39.2 Å². The first-order valence-electron chi connectivity index (χ1n) is 13.3. The Hall–Kier alpha value is -4.53. The molecule has 3 aromatic carbocycles. The lowest BCUT2D eigenvalue weighted by Gasteiger charge is -2.37. The van der Waals surface area contributed by atoms with Gasteiger partial charge in [-0.3, -0.25) is 19.7 Å². The van der Waals surface area contributed by atoms with E-state index in [-0.39, 0.29) is 35.2 Å². The number of anilines is 2. The number of amides is 1. The number of rotatable bonds is 7. The molecule has 2 N–H and O–H groups in total. The van der Waals surface area contributed by atoms with E-state index in [1.807, 2.05) is 29.2 Å². The molecule has 0 spiro atoms. The smallest absolute Gasteiger partial charge is 0.269 e. The van der Waals surface area contributed by atoms with E-state index in [9.17, 15) is 24.1 Å². The lowest BCUT2D eigenvalue weighted by atomic mass is 9.73. The van der Waals surface area contributed by atoms with Crippen LogP contribution in [0.5, 0.6) is 0 Å². The van der Waals surface area contributed by atoms with Gasteiger partial charge in [-0.2, -0.15) is 0 Å². The minimum absolute atomic E-state index is 0.0170. The molecule has 0 bridgehead atoms. The Kier molecular flexibility index (Phi) is 7.38. The summed E-state index contributed by atoms with van der Waals surface area (Å²) in [5, 5.41) is 17.8. The molecule has 1 heterocycles. The maximum atomic E-state index is 13.7. The molecule has 1 unspecified atom stereocenters. The number of carbonyl (C=O) groups excluding carboxylic acids is 2. The molecule has 2 aliphatic rings. The molecule has 0 saturated carbocycles. The number of halogens is 1. The summed E-state index contributed by atoms with van der Waals surface area (Å²) in [6.07, 6.45) is 1.54. The van der Waals surface area contributed by atoms with Crippen molar-refractivity contribution in [1.82, 2.24) is 5.32 Å². The van der Waals surface area contributed by atoms with Gasteiger partial charge in [-0.15, -0.1) is 0 Å². The summed E-state index contributed by atoms with van der Waals surface area (Å²) in [6.45, 7) is 4.43. The molecule has 0 radical (unpaired) electrons. The van der Waals surface area contributed by atoms with Gasteiger partial charge in [0.15, 0.2) is 5.78 Å². The fourth-order valence-corrected chi connectivity index (χ4v) is 5.56. The van der Waals surface area contributed by atoms with Crippen LogP contribution >= 0.6 is 0 Å². The van der Waals surface area contributed by atoms with Gasteiger partial charge >= 0.3 is 0 Å². The van der Waals surface area contributed by atoms with Crippen LogP contribution in [0, 0.1) is 21.3 Å². The number of nitrogens with zero attached hydrogens (tertiary/aromatic N) is 2.